The van der Waals surface area contributed by atoms with Crippen molar-refractivity contribution in [3.63, 3.8) is 0 Å². The van der Waals surface area contributed by atoms with Gasteiger partial charge in [0.25, 0.3) is 0 Å². The molecule has 1 amide bonds. The van der Waals surface area contributed by atoms with Crippen LogP contribution in [0.4, 0.5) is 0 Å². The standard InChI is InChI=1S/C10H10Cl2N2O5S/c11-6-2-1-3-7(10(6)12)20(18,19)14-4-8(15)13-5-9(16)17/h1-3,14H,4-5H2,(H,13,15)(H,16,17). The Bertz CT molecular complexity index is 633. The van der Waals surface area contributed by atoms with Crippen molar-refractivity contribution in [3.05, 3.63) is 28.2 Å². The molecule has 0 aliphatic heterocycles. The van der Waals surface area contributed by atoms with Gasteiger partial charge in [0.1, 0.15) is 11.4 Å². The molecule has 0 radical (unpaired) electrons. The number of carboxylic acids is 1. The highest BCUT2D eigenvalue weighted by Gasteiger charge is 2.20. The number of carbonyl (C=O) groups is 2. The van der Waals surface area contributed by atoms with Gasteiger partial charge in [-0.15, -0.1) is 0 Å². The van der Waals surface area contributed by atoms with Crippen LogP contribution in [0.15, 0.2) is 23.1 Å². The van der Waals surface area contributed by atoms with Crippen LogP contribution in [0.5, 0.6) is 0 Å². The number of rotatable bonds is 6. The smallest absolute Gasteiger partial charge is 0.322 e. The summed E-state index contributed by atoms with van der Waals surface area (Å²) in [5.41, 5.74) is 0. The Hall–Kier alpha value is -1.35. The van der Waals surface area contributed by atoms with Gasteiger partial charge >= 0.3 is 5.97 Å². The maximum Gasteiger partial charge on any atom is 0.322 e. The molecule has 3 N–H and O–H groups in total. The van der Waals surface area contributed by atoms with Gasteiger partial charge < -0.3 is 10.4 Å². The third kappa shape index (κ3) is 4.64. The molecular formula is C10H10Cl2N2O5S. The number of hydrogen-bond acceptors (Lipinski definition) is 4. The molecular weight excluding hydrogens is 331 g/mol. The first-order valence-electron chi connectivity index (χ1n) is 5.16. The Morgan fingerprint density at radius 2 is 1.85 bits per heavy atom. The molecule has 0 saturated heterocycles. The molecule has 1 aromatic rings. The second-order valence-electron chi connectivity index (χ2n) is 3.55. The van der Waals surface area contributed by atoms with Gasteiger partial charge in [-0.3, -0.25) is 9.59 Å². The van der Waals surface area contributed by atoms with Gasteiger partial charge in [-0.1, -0.05) is 29.3 Å². The Balaban J connectivity index is 2.74. The van der Waals surface area contributed by atoms with E-state index in [0.29, 0.717) is 0 Å². The van der Waals surface area contributed by atoms with Gasteiger partial charge in [-0.2, -0.15) is 0 Å². The quantitative estimate of drug-likeness (QED) is 0.696. The molecule has 0 spiro atoms. The van der Waals surface area contributed by atoms with Gasteiger partial charge in [0.2, 0.25) is 15.9 Å². The topological polar surface area (TPSA) is 113 Å². The van der Waals surface area contributed by atoms with E-state index in [1.807, 2.05) is 10.0 Å². The molecule has 0 saturated carbocycles. The molecule has 0 aromatic heterocycles. The van der Waals surface area contributed by atoms with Crippen LogP contribution in [0.25, 0.3) is 0 Å². The number of aliphatic carboxylic acids is 1. The summed E-state index contributed by atoms with van der Waals surface area (Å²) in [5.74, 6) is -2.02. The van der Waals surface area contributed by atoms with Crippen molar-refractivity contribution in [2.75, 3.05) is 13.1 Å². The van der Waals surface area contributed by atoms with Gasteiger partial charge in [0, 0.05) is 0 Å². The summed E-state index contributed by atoms with van der Waals surface area (Å²) in [4.78, 5) is 21.2. The molecule has 20 heavy (non-hydrogen) atoms. The van der Waals surface area contributed by atoms with E-state index in [2.05, 4.69) is 0 Å². The van der Waals surface area contributed by atoms with Crippen LogP contribution in [0, 0.1) is 0 Å². The monoisotopic (exact) mass is 340 g/mol. The first kappa shape index (κ1) is 16.7. The SMILES string of the molecule is O=C(O)CNC(=O)CNS(=O)(=O)c1cccc(Cl)c1Cl. The first-order valence-corrected chi connectivity index (χ1v) is 7.40. The summed E-state index contributed by atoms with van der Waals surface area (Å²) in [6.07, 6.45) is 0. The third-order valence-electron chi connectivity index (χ3n) is 2.07. The van der Waals surface area contributed by atoms with E-state index in [4.69, 9.17) is 28.3 Å². The highest BCUT2D eigenvalue weighted by Crippen LogP contribution is 2.28. The van der Waals surface area contributed by atoms with Crippen molar-refractivity contribution < 1.29 is 23.1 Å². The fourth-order valence-corrected chi connectivity index (χ4v) is 2.91. The van der Waals surface area contributed by atoms with E-state index in [0.717, 1.165) is 0 Å². The van der Waals surface area contributed by atoms with Gasteiger partial charge in [0.15, 0.2) is 0 Å². The van der Waals surface area contributed by atoms with E-state index in [9.17, 15) is 18.0 Å². The summed E-state index contributed by atoms with van der Waals surface area (Å²) in [6, 6.07) is 4.04. The lowest BCUT2D eigenvalue weighted by atomic mass is 10.4. The normalized spacial score (nSPS) is 11.1. The maximum absolute atomic E-state index is 11.9. The van der Waals surface area contributed by atoms with Crippen molar-refractivity contribution in [1.29, 1.82) is 0 Å². The van der Waals surface area contributed by atoms with Crippen molar-refractivity contribution in [3.8, 4) is 0 Å². The van der Waals surface area contributed by atoms with E-state index in [1.54, 1.807) is 0 Å². The lowest BCUT2D eigenvalue weighted by Crippen LogP contribution is -2.39. The Morgan fingerprint density at radius 3 is 2.45 bits per heavy atom. The molecule has 110 valence electrons. The summed E-state index contributed by atoms with van der Waals surface area (Å²) in [7, 11) is -4.02. The van der Waals surface area contributed by atoms with Crippen molar-refractivity contribution in [2.45, 2.75) is 4.90 Å². The zero-order valence-corrected chi connectivity index (χ0v) is 12.2. The van der Waals surface area contributed by atoms with Crippen LogP contribution in [-0.2, 0) is 19.6 Å². The lowest BCUT2D eigenvalue weighted by Gasteiger charge is -2.09. The van der Waals surface area contributed by atoms with Crippen molar-refractivity contribution in [2.24, 2.45) is 0 Å². The number of halogens is 2. The molecule has 0 bridgehead atoms. The summed E-state index contributed by atoms with van der Waals surface area (Å²) >= 11 is 11.5. The highest BCUT2D eigenvalue weighted by molar-refractivity contribution is 7.89. The van der Waals surface area contributed by atoms with E-state index in [-0.39, 0.29) is 14.9 Å². The van der Waals surface area contributed by atoms with Crippen LogP contribution in [-0.4, -0.2) is 38.5 Å². The average Bonchev–Trinajstić information content (AvgIpc) is 2.37. The number of nitrogens with one attached hydrogen (secondary N) is 2. The van der Waals surface area contributed by atoms with Gasteiger partial charge in [0.05, 0.1) is 16.6 Å². The number of benzene rings is 1. The van der Waals surface area contributed by atoms with Crippen LogP contribution in [0.1, 0.15) is 0 Å². The van der Waals surface area contributed by atoms with Gasteiger partial charge in [-0.05, 0) is 12.1 Å². The predicted molar refractivity (Wildman–Crippen MR) is 72.3 cm³/mol. The van der Waals surface area contributed by atoms with Gasteiger partial charge in [-0.25, -0.2) is 13.1 Å². The maximum atomic E-state index is 11.9. The van der Waals surface area contributed by atoms with E-state index >= 15 is 0 Å². The van der Waals surface area contributed by atoms with E-state index in [1.165, 1.54) is 18.2 Å². The highest BCUT2D eigenvalue weighted by atomic mass is 35.5. The van der Waals surface area contributed by atoms with E-state index < -0.39 is 35.0 Å². The Labute approximate surface area is 124 Å². The number of hydrogen-bond donors (Lipinski definition) is 3. The van der Waals surface area contributed by atoms with Crippen LogP contribution in [0.2, 0.25) is 10.0 Å². The summed E-state index contributed by atoms with van der Waals surface area (Å²) in [5, 5.41) is 10.3. The fraction of sp³-hybridized carbons (Fsp3) is 0.200. The summed E-state index contributed by atoms with van der Waals surface area (Å²) in [6.45, 7) is -1.21. The minimum absolute atomic E-state index is 0.0601. The minimum Gasteiger partial charge on any atom is -0.480 e. The molecule has 0 atom stereocenters. The van der Waals surface area contributed by atoms with Crippen molar-refractivity contribution >= 4 is 45.1 Å². The molecule has 0 unspecified atom stereocenters. The predicted octanol–water partition coefficient (Wildman–Crippen LogP) is 0.473. The van der Waals surface area contributed by atoms with Crippen LogP contribution < -0.4 is 10.0 Å². The number of carboxylic acid groups (broad SMARTS) is 1. The molecule has 0 heterocycles. The van der Waals surface area contributed by atoms with Crippen LogP contribution in [0.3, 0.4) is 0 Å². The lowest BCUT2D eigenvalue weighted by molar-refractivity contribution is -0.137. The second-order valence-corrected chi connectivity index (χ2v) is 6.07. The minimum atomic E-state index is -4.02. The molecule has 0 aliphatic rings. The number of sulfonamides is 1. The zero-order chi connectivity index (χ0) is 15.3. The number of amides is 1. The molecule has 1 rings (SSSR count). The fourth-order valence-electron chi connectivity index (χ4n) is 1.17. The molecule has 7 nitrogen and oxygen atoms in total. The third-order valence-corrected chi connectivity index (χ3v) is 4.44. The van der Waals surface area contributed by atoms with Crippen molar-refractivity contribution in [1.82, 2.24) is 10.0 Å². The molecule has 10 heteroatoms. The Kier molecular flexibility index (Phi) is 5.75. The largest absolute Gasteiger partial charge is 0.480 e. The second kappa shape index (κ2) is 6.89. The zero-order valence-electron chi connectivity index (χ0n) is 9.89. The molecule has 0 aliphatic carbocycles. The average molecular weight is 341 g/mol. The summed E-state index contributed by atoms with van der Waals surface area (Å²) < 4.78 is 25.8. The first-order chi connectivity index (χ1) is 9.24. The molecule has 1 aromatic carbocycles. The Morgan fingerprint density at radius 1 is 1.20 bits per heavy atom. The number of carbonyl (C=O) groups excluding carboxylic acids is 1. The van der Waals surface area contributed by atoms with Crippen LogP contribution >= 0.6 is 23.2 Å². The molecule has 0 fully saturated rings.